The van der Waals surface area contributed by atoms with Gasteiger partial charge in [0.25, 0.3) is 5.56 Å². The summed E-state index contributed by atoms with van der Waals surface area (Å²) in [6.07, 6.45) is 2.89. The maximum atomic E-state index is 14.0. The predicted molar refractivity (Wildman–Crippen MR) is 163 cm³/mol. The fourth-order valence-electron chi connectivity index (χ4n) is 5.55. The summed E-state index contributed by atoms with van der Waals surface area (Å²) in [7, 11) is 0. The van der Waals surface area contributed by atoms with Crippen molar-refractivity contribution in [1.29, 1.82) is 0 Å². The van der Waals surface area contributed by atoms with Crippen LogP contribution in [0.3, 0.4) is 0 Å². The van der Waals surface area contributed by atoms with Crippen LogP contribution in [0.4, 0.5) is 0 Å². The number of benzene rings is 2. The number of nitrogens with zero attached hydrogens (tertiary/aromatic N) is 7. The highest BCUT2D eigenvalue weighted by Gasteiger charge is 2.28. The van der Waals surface area contributed by atoms with Gasteiger partial charge in [0.15, 0.2) is 17.0 Å². The van der Waals surface area contributed by atoms with E-state index in [1.807, 2.05) is 42.7 Å². The van der Waals surface area contributed by atoms with Crippen LogP contribution in [0.1, 0.15) is 58.8 Å². The van der Waals surface area contributed by atoms with Gasteiger partial charge in [-0.1, -0.05) is 83.1 Å². The summed E-state index contributed by atoms with van der Waals surface area (Å²) >= 11 is 0. The first kappa shape index (κ1) is 27.8. The van der Waals surface area contributed by atoms with Crippen molar-refractivity contribution in [2.24, 2.45) is 17.3 Å². The SMILES string of the molecule is CC(C)Cn1c(=O)c2c(nc(CC(C)(C)C)n2Cc2ccc(-c3ccccc3-c3nnn[nH]3)cc2)n(CC2CC2)c1=O. The van der Waals surface area contributed by atoms with Crippen LogP contribution in [0.25, 0.3) is 33.7 Å². The van der Waals surface area contributed by atoms with Gasteiger partial charge in [-0.15, -0.1) is 5.10 Å². The molecule has 0 amide bonds. The summed E-state index contributed by atoms with van der Waals surface area (Å²) in [5.41, 5.74) is 4.49. The van der Waals surface area contributed by atoms with E-state index in [0.29, 0.717) is 49.0 Å². The Bertz CT molecular complexity index is 1830. The van der Waals surface area contributed by atoms with Gasteiger partial charge in [-0.25, -0.2) is 14.9 Å². The second-order valence-corrected chi connectivity index (χ2v) is 13.2. The lowest BCUT2D eigenvalue weighted by Gasteiger charge is -2.19. The average molecular weight is 567 g/mol. The minimum Gasteiger partial charge on any atom is -0.318 e. The third-order valence-electron chi connectivity index (χ3n) is 7.70. The number of hydrogen-bond acceptors (Lipinski definition) is 6. The molecule has 1 aliphatic rings. The van der Waals surface area contributed by atoms with Crippen LogP contribution < -0.4 is 11.2 Å². The number of rotatable bonds is 9. The van der Waals surface area contributed by atoms with Crippen molar-refractivity contribution in [1.82, 2.24) is 39.3 Å². The molecule has 2 aromatic carbocycles. The summed E-state index contributed by atoms with van der Waals surface area (Å²) in [5.74, 6) is 2.07. The maximum absolute atomic E-state index is 14.0. The van der Waals surface area contributed by atoms with Crippen LogP contribution in [0, 0.1) is 17.3 Å². The number of aromatic nitrogens is 8. The Kier molecular flexibility index (Phi) is 7.16. The van der Waals surface area contributed by atoms with E-state index in [1.165, 1.54) is 4.57 Å². The zero-order valence-electron chi connectivity index (χ0n) is 25.0. The minimum absolute atomic E-state index is 0.0547. The predicted octanol–water partition coefficient (Wildman–Crippen LogP) is 4.91. The number of aromatic amines is 1. The number of nitrogens with one attached hydrogen (secondary N) is 1. The van der Waals surface area contributed by atoms with Crippen molar-refractivity contribution in [2.45, 2.75) is 73.5 Å². The largest absolute Gasteiger partial charge is 0.332 e. The molecule has 0 atom stereocenters. The Hall–Kier alpha value is -4.34. The molecule has 0 spiro atoms. The van der Waals surface area contributed by atoms with Gasteiger partial charge in [0.2, 0.25) is 0 Å². The van der Waals surface area contributed by atoms with Gasteiger partial charge in [-0.2, -0.15) is 0 Å². The number of tetrazole rings is 1. The summed E-state index contributed by atoms with van der Waals surface area (Å²) in [5, 5.41) is 14.4. The van der Waals surface area contributed by atoms with Gasteiger partial charge in [-0.3, -0.25) is 13.9 Å². The van der Waals surface area contributed by atoms with Gasteiger partial charge in [0.1, 0.15) is 5.82 Å². The van der Waals surface area contributed by atoms with Crippen molar-refractivity contribution in [2.75, 3.05) is 0 Å². The van der Waals surface area contributed by atoms with Gasteiger partial charge >= 0.3 is 5.69 Å². The molecular formula is C32H38N8O2. The monoisotopic (exact) mass is 566 g/mol. The number of fused-ring (bicyclic) bond motifs is 1. The quantitative estimate of drug-likeness (QED) is 0.271. The molecule has 0 saturated heterocycles. The molecule has 0 aliphatic heterocycles. The van der Waals surface area contributed by atoms with Gasteiger partial charge in [0.05, 0.1) is 0 Å². The molecule has 0 radical (unpaired) electrons. The Morgan fingerprint density at radius 3 is 2.29 bits per heavy atom. The smallest absolute Gasteiger partial charge is 0.318 e. The van der Waals surface area contributed by atoms with Gasteiger partial charge in [-0.05, 0) is 57.2 Å². The first-order valence-corrected chi connectivity index (χ1v) is 14.7. The number of imidazole rings is 1. The lowest BCUT2D eigenvalue weighted by atomic mass is 9.92. The number of hydrogen-bond donors (Lipinski definition) is 1. The van der Waals surface area contributed by atoms with Crippen molar-refractivity contribution >= 4 is 11.2 Å². The normalized spacial score (nSPS) is 13.9. The molecular weight excluding hydrogens is 528 g/mol. The molecule has 1 saturated carbocycles. The van der Waals surface area contributed by atoms with E-state index in [1.54, 1.807) is 4.57 Å². The topological polar surface area (TPSA) is 116 Å². The molecule has 1 aliphatic carbocycles. The van der Waals surface area contributed by atoms with E-state index in [0.717, 1.165) is 40.9 Å². The van der Waals surface area contributed by atoms with Crippen LogP contribution in [-0.2, 0) is 26.1 Å². The molecule has 42 heavy (non-hydrogen) atoms. The Morgan fingerprint density at radius 2 is 1.67 bits per heavy atom. The van der Waals surface area contributed by atoms with Gasteiger partial charge < -0.3 is 4.57 Å². The van der Waals surface area contributed by atoms with Crippen LogP contribution in [0.5, 0.6) is 0 Å². The van der Waals surface area contributed by atoms with Crippen molar-refractivity contribution in [3.8, 4) is 22.5 Å². The highest BCUT2D eigenvalue weighted by Crippen LogP contribution is 2.32. The van der Waals surface area contributed by atoms with Crippen molar-refractivity contribution < 1.29 is 0 Å². The van der Waals surface area contributed by atoms with Gasteiger partial charge in [0, 0.05) is 31.6 Å². The van der Waals surface area contributed by atoms with Crippen molar-refractivity contribution in [3.05, 3.63) is 80.8 Å². The molecule has 1 N–H and O–H groups in total. The minimum atomic E-state index is -0.255. The first-order chi connectivity index (χ1) is 20.1. The summed E-state index contributed by atoms with van der Waals surface area (Å²) in [6, 6.07) is 16.3. The zero-order valence-corrected chi connectivity index (χ0v) is 25.0. The fourth-order valence-corrected chi connectivity index (χ4v) is 5.55. The van der Waals surface area contributed by atoms with Crippen molar-refractivity contribution in [3.63, 3.8) is 0 Å². The average Bonchev–Trinajstić information content (AvgIpc) is 3.47. The fraction of sp³-hybridized carbons (Fsp3) is 0.438. The second kappa shape index (κ2) is 10.8. The third-order valence-corrected chi connectivity index (χ3v) is 7.70. The van der Waals surface area contributed by atoms with Crippen LogP contribution in [0.15, 0.2) is 58.1 Å². The number of H-pyrrole nitrogens is 1. The molecule has 0 unspecified atom stereocenters. The van der Waals surface area contributed by atoms with E-state index < -0.39 is 0 Å². The summed E-state index contributed by atoms with van der Waals surface area (Å²) < 4.78 is 5.23. The highest BCUT2D eigenvalue weighted by molar-refractivity contribution is 5.80. The molecule has 218 valence electrons. The van der Waals surface area contributed by atoms with Crippen LogP contribution in [-0.4, -0.2) is 39.3 Å². The van der Waals surface area contributed by atoms with E-state index in [4.69, 9.17) is 4.98 Å². The molecule has 10 heteroatoms. The van der Waals surface area contributed by atoms with E-state index >= 15 is 0 Å². The first-order valence-electron chi connectivity index (χ1n) is 14.7. The molecule has 3 heterocycles. The molecule has 0 bridgehead atoms. The molecule has 1 fully saturated rings. The standard InChI is InChI=1S/C32H38N8O2/c1-20(2)17-40-30(41)27-29(39(31(40)42)19-21-10-11-21)33-26(16-32(3,4)5)38(27)18-22-12-14-23(15-13-22)24-8-6-7-9-25(24)28-34-36-37-35-28/h6-9,12-15,20-21H,10-11,16-19H2,1-5H3,(H,34,35,36,37). The third kappa shape index (κ3) is 5.57. The van der Waals surface area contributed by atoms with E-state index in [2.05, 4.69) is 65.7 Å². The molecule has 10 nitrogen and oxygen atoms in total. The van der Waals surface area contributed by atoms with Crippen LogP contribution in [0.2, 0.25) is 0 Å². The lowest BCUT2D eigenvalue weighted by molar-refractivity contribution is 0.394. The van der Waals surface area contributed by atoms with E-state index in [9.17, 15) is 9.59 Å². The molecule has 5 aromatic rings. The maximum Gasteiger partial charge on any atom is 0.332 e. The zero-order chi connectivity index (χ0) is 29.6. The second-order valence-electron chi connectivity index (χ2n) is 13.2. The summed E-state index contributed by atoms with van der Waals surface area (Å²) in [4.78, 5) is 32.6. The lowest BCUT2D eigenvalue weighted by Crippen LogP contribution is -2.42. The Balaban J connectivity index is 1.46. The summed E-state index contributed by atoms with van der Waals surface area (Å²) in [6.45, 7) is 12.0. The Labute approximate surface area is 244 Å². The van der Waals surface area contributed by atoms with E-state index in [-0.39, 0.29) is 22.6 Å². The molecule has 3 aromatic heterocycles. The van der Waals surface area contributed by atoms with Crippen LogP contribution >= 0.6 is 0 Å². The molecule has 6 rings (SSSR count). The highest BCUT2D eigenvalue weighted by atomic mass is 16.2. The Morgan fingerprint density at radius 1 is 0.952 bits per heavy atom.